The molecule has 1 amide bonds. The number of nitrogens with zero attached hydrogens (tertiary/aromatic N) is 2. The van der Waals surface area contributed by atoms with Gasteiger partial charge in [0.05, 0.1) is 23.0 Å². The number of hydrogen-bond donors (Lipinski definition) is 2. The number of halogens is 3. The number of aromatic nitrogens is 2. The molecule has 0 fully saturated rings. The Morgan fingerprint density at radius 1 is 0.923 bits per heavy atom. The number of hydrogen-bond acceptors (Lipinski definition) is 4. The monoisotopic (exact) mass is 358 g/mol. The molecule has 2 aromatic heterocycles. The first-order valence-corrected chi connectivity index (χ1v) is 7.53. The van der Waals surface area contributed by atoms with Gasteiger partial charge in [-0.2, -0.15) is 13.2 Å². The summed E-state index contributed by atoms with van der Waals surface area (Å²) < 4.78 is 37.6. The van der Waals surface area contributed by atoms with Crippen LogP contribution in [0.4, 0.5) is 30.4 Å². The van der Waals surface area contributed by atoms with Crippen molar-refractivity contribution >= 4 is 23.1 Å². The first-order valence-electron chi connectivity index (χ1n) is 7.53. The van der Waals surface area contributed by atoms with E-state index < -0.39 is 11.7 Å². The van der Waals surface area contributed by atoms with Crippen LogP contribution < -0.4 is 10.6 Å². The van der Waals surface area contributed by atoms with Gasteiger partial charge in [0, 0.05) is 18.1 Å². The van der Waals surface area contributed by atoms with E-state index in [0.29, 0.717) is 22.8 Å². The molecule has 1 aromatic carbocycles. The fourth-order valence-corrected chi connectivity index (χ4v) is 2.13. The lowest BCUT2D eigenvalue weighted by atomic mass is 10.2. The van der Waals surface area contributed by atoms with E-state index in [2.05, 4.69) is 20.6 Å². The van der Waals surface area contributed by atoms with Crippen molar-refractivity contribution in [1.29, 1.82) is 0 Å². The number of carbonyl (C=O) groups excluding carboxylic acids is 1. The van der Waals surface area contributed by atoms with Crippen molar-refractivity contribution in [2.45, 2.75) is 6.18 Å². The normalized spacial score (nSPS) is 11.0. The molecular formula is C18H13F3N4O. The Balaban J connectivity index is 1.63. The molecule has 0 aliphatic rings. The quantitative estimate of drug-likeness (QED) is 0.721. The number of anilines is 3. The molecule has 26 heavy (non-hydrogen) atoms. The van der Waals surface area contributed by atoms with Gasteiger partial charge in [-0.3, -0.25) is 9.78 Å². The standard InChI is InChI=1S/C18H13F3N4O/c19-18(20,21)13-3-5-14(6-4-13)24-16-8-7-15(11-23-16)25-17(26)12-2-1-9-22-10-12/h1-11H,(H,23,24)(H,25,26). The zero-order valence-electron chi connectivity index (χ0n) is 13.3. The number of nitrogens with one attached hydrogen (secondary N) is 2. The Kier molecular flexibility index (Phi) is 4.83. The van der Waals surface area contributed by atoms with Crippen LogP contribution in [0.2, 0.25) is 0 Å². The number of benzene rings is 1. The van der Waals surface area contributed by atoms with E-state index >= 15 is 0 Å². The summed E-state index contributed by atoms with van der Waals surface area (Å²) in [5.41, 5.74) is 0.651. The number of rotatable bonds is 4. The Hall–Kier alpha value is -3.42. The van der Waals surface area contributed by atoms with Gasteiger partial charge in [-0.25, -0.2) is 4.98 Å². The van der Waals surface area contributed by atoms with Crippen molar-refractivity contribution in [2.24, 2.45) is 0 Å². The summed E-state index contributed by atoms with van der Waals surface area (Å²) in [4.78, 5) is 20.0. The van der Waals surface area contributed by atoms with Crippen LogP contribution in [-0.2, 0) is 6.18 Å². The predicted molar refractivity (Wildman–Crippen MR) is 91.2 cm³/mol. The molecule has 0 aliphatic carbocycles. The van der Waals surface area contributed by atoms with Gasteiger partial charge in [0.1, 0.15) is 5.82 Å². The molecule has 0 radical (unpaired) electrons. The summed E-state index contributed by atoms with van der Waals surface area (Å²) in [5, 5.41) is 5.57. The van der Waals surface area contributed by atoms with Crippen LogP contribution in [0.15, 0.2) is 67.1 Å². The second-order valence-electron chi connectivity index (χ2n) is 5.33. The second-order valence-corrected chi connectivity index (χ2v) is 5.33. The highest BCUT2D eigenvalue weighted by Crippen LogP contribution is 2.30. The van der Waals surface area contributed by atoms with Crippen LogP contribution in [0.5, 0.6) is 0 Å². The van der Waals surface area contributed by atoms with Crippen molar-refractivity contribution < 1.29 is 18.0 Å². The summed E-state index contributed by atoms with van der Waals surface area (Å²) >= 11 is 0. The fourth-order valence-electron chi connectivity index (χ4n) is 2.13. The molecule has 0 spiro atoms. The first kappa shape index (κ1) is 17.4. The summed E-state index contributed by atoms with van der Waals surface area (Å²) in [5.74, 6) is 0.118. The van der Waals surface area contributed by atoms with Gasteiger partial charge in [-0.05, 0) is 48.5 Å². The lowest BCUT2D eigenvalue weighted by molar-refractivity contribution is -0.137. The average Bonchev–Trinajstić information content (AvgIpc) is 2.64. The molecule has 2 heterocycles. The van der Waals surface area contributed by atoms with E-state index in [9.17, 15) is 18.0 Å². The van der Waals surface area contributed by atoms with Crippen LogP contribution >= 0.6 is 0 Å². The van der Waals surface area contributed by atoms with Crippen LogP contribution in [0.1, 0.15) is 15.9 Å². The minimum Gasteiger partial charge on any atom is -0.340 e. The van der Waals surface area contributed by atoms with Gasteiger partial charge in [0.2, 0.25) is 0 Å². The average molecular weight is 358 g/mol. The summed E-state index contributed by atoms with van der Waals surface area (Å²) in [6.45, 7) is 0. The van der Waals surface area contributed by atoms with E-state index in [1.165, 1.54) is 24.5 Å². The molecule has 3 aromatic rings. The van der Waals surface area contributed by atoms with E-state index in [0.717, 1.165) is 12.1 Å². The Labute approximate surface area is 146 Å². The first-order chi connectivity index (χ1) is 12.4. The van der Waals surface area contributed by atoms with Gasteiger partial charge in [-0.15, -0.1) is 0 Å². The van der Waals surface area contributed by atoms with E-state index in [4.69, 9.17) is 0 Å². The Morgan fingerprint density at radius 3 is 2.23 bits per heavy atom. The minimum absolute atomic E-state index is 0.316. The smallest absolute Gasteiger partial charge is 0.340 e. The van der Waals surface area contributed by atoms with Crippen LogP contribution in [0, 0.1) is 0 Å². The lowest BCUT2D eigenvalue weighted by Crippen LogP contribution is -2.12. The predicted octanol–water partition coefficient (Wildman–Crippen LogP) is 4.49. The van der Waals surface area contributed by atoms with E-state index in [-0.39, 0.29) is 5.91 Å². The lowest BCUT2D eigenvalue weighted by Gasteiger charge is -2.10. The molecule has 5 nitrogen and oxygen atoms in total. The molecule has 8 heteroatoms. The summed E-state index contributed by atoms with van der Waals surface area (Å²) in [7, 11) is 0. The van der Waals surface area contributed by atoms with Crippen LogP contribution in [-0.4, -0.2) is 15.9 Å². The van der Waals surface area contributed by atoms with Gasteiger partial charge in [-0.1, -0.05) is 0 Å². The van der Waals surface area contributed by atoms with Gasteiger partial charge < -0.3 is 10.6 Å². The van der Waals surface area contributed by atoms with Gasteiger partial charge >= 0.3 is 6.18 Å². The molecular weight excluding hydrogens is 345 g/mol. The summed E-state index contributed by atoms with van der Waals surface area (Å²) in [6, 6.07) is 11.2. The number of alkyl halides is 3. The van der Waals surface area contributed by atoms with Gasteiger partial charge in [0.25, 0.3) is 5.91 Å². The van der Waals surface area contributed by atoms with Crippen molar-refractivity contribution in [2.75, 3.05) is 10.6 Å². The maximum absolute atomic E-state index is 12.5. The van der Waals surface area contributed by atoms with Crippen molar-refractivity contribution in [1.82, 2.24) is 9.97 Å². The second kappa shape index (κ2) is 7.22. The van der Waals surface area contributed by atoms with Crippen LogP contribution in [0.25, 0.3) is 0 Å². The third kappa shape index (κ3) is 4.35. The SMILES string of the molecule is O=C(Nc1ccc(Nc2ccc(C(F)(F)F)cc2)nc1)c1cccnc1. The highest BCUT2D eigenvalue weighted by atomic mass is 19.4. The molecule has 3 rings (SSSR count). The van der Waals surface area contributed by atoms with Crippen LogP contribution in [0.3, 0.4) is 0 Å². The molecule has 132 valence electrons. The zero-order valence-corrected chi connectivity index (χ0v) is 13.3. The number of pyridine rings is 2. The Bertz CT molecular complexity index is 879. The molecule has 0 unspecified atom stereocenters. The summed E-state index contributed by atoms with van der Waals surface area (Å²) in [6.07, 6.45) is 0.0922. The fraction of sp³-hybridized carbons (Fsp3) is 0.0556. The maximum Gasteiger partial charge on any atom is 0.416 e. The minimum atomic E-state index is -4.37. The third-order valence-electron chi connectivity index (χ3n) is 3.43. The molecule has 0 atom stereocenters. The highest BCUT2D eigenvalue weighted by molar-refractivity contribution is 6.03. The van der Waals surface area contributed by atoms with E-state index in [1.54, 1.807) is 30.5 Å². The largest absolute Gasteiger partial charge is 0.416 e. The molecule has 2 N–H and O–H groups in total. The van der Waals surface area contributed by atoms with Crippen molar-refractivity contribution in [3.63, 3.8) is 0 Å². The molecule has 0 saturated carbocycles. The topological polar surface area (TPSA) is 66.9 Å². The van der Waals surface area contributed by atoms with Crippen molar-refractivity contribution in [3.8, 4) is 0 Å². The molecule has 0 bridgehead atoms. The molecule has 0 saturated heterocycles. The van der Waals surface area contributed by atoms with E-state index in [1.807, 2.05) is 0 Å². The zero-order chi connectivity index (χ0) is 18.6. The Morgan fingerprint density at radius 2 is 1.65 bits per heavy atom. The third-order valence-corrected chi connectivity index (χ3v) is 3.43. The highest BCUT2D eigenvalue weighted by Gasteiger charge is 2.29. The van der Waals surface area contributed by atoms with Gasteiger partial charge in [0.15, 0.2) is 0 Å². The molecule has 0 aliphatic heterocycles. The van der Waals surface area contributed by atoms with Crippen molar-refractivity contribution in [3.05, 3.63) is 78.2 Å². The number of amides is 1. The number of carbonyl (C=O) groups is 1. The maximum atomic E-state index is 12.5.